The minimum atomic E-state index is -1.03. The minimum Gasteiger partial charge on any atom is -0.480 e. The van der Waals surface area contributed by atoms with Crippen molar-refractivity contribution in [3.05, 3.63) is 33.8 Å². The van der Waals surface area contributed by atoms with Crippen LogP contribution in [0.5, 0.6) is 0 Å². The Morgan fingerprint density at radius 2 is 2.21 bits per heavy atom. The Hall–Kier alpha value is -0.910. The zero-order chi connectivity index (χ0) is 14.3. The molecule has 0 bridgehead atoms. The largest absolute Gasteiger partial charge is 0.480 e. The molecule has 1 aromatic carbocycles. The molecular formula is C12H13Cl2NO3S. The number of carboxylic acid groups (broad SMARTS) is 1. The number of aliphatic carboxylic acids is 1. The third kappa shape index (κ3) is 5.30. The Kier molecular flexibility index (Phi) is 7.05. The number of hydrogen-bond donors (Lipinski definition) is 2. The average molecular weight is 322 g/mol. The summed E-state index contributed by atoms with van der Waals surface area (Å²) in [6, 6.07) is 4.56. The molecule has 1 rings (SSSR count). The van der Waals surface area contributed by atoms with Gasteiger partial charge >= 0.3 is 5.97 Å². The number of hydrogen-bond acceptors (Lipinski definition) is 3. The van der Waals surface area contributed by atoms with Gasteiger partial charge in [-0.05, 0) is 23.8 Å². The molecule has 0 heterocycles. The van der Waals surface area contributed by atoms with Gasteiger partial charge in [0.25, 0.3) is 0 Å². The van der Waals surface area contributed by atoms with E-state index in [0.717, 1.165) is 5.56 Å². The number of carbonyl (C=O) groups is 2. The molecule has 0 aromatic heterocycles. The highest BCUT2D eigenvalue weighted by atomic mass is 35.5. The van der Waals surface area contributed by atoms with Crippen LogP contribution in [0.25, 0.3) is 0 Å². The van der Waals surface area contributed by atoms with E-state index in [1.165, 1.54) is 11.8 Å². The monoisotopic (exact) mass is 321 g/mol. The number of rotatable bonds is 8. The van der Waals surface area contributed by atoms with Crippen molar-refractivity contribution in [3.8, 4) is 0 Å². The molecule has 0 aliphatic heterocycles. The number of amides is 1. The summed E-state index contributed by atoms with van der Waals surface area (Å²) in [4.78, 5) is 21.0. The van der Waals surface area contributed by atoms with Crippen molar-refractivity contribution in [1.82, 2.24) is 5.32 Å². The van der Waals surface area contributed by atoms with Crippen LogP contribution in [0.1, 0.15) is 12.0 Å². The highest BCUT2D eigenvalue weighted by molar-refractivity contribution is 7.98. The highest BCUT2D eigenvalue weighted by Gasteiger charge is 2.15. The highest BCUT2D eigenvalue weighted by Crippen LogP contribution is 2.28. The van der Waals surface area contributed by atoms with Gasteiger partial charge in [-0.25, -0.2) is 4.79 Å². The predicted octanol–water partition coefficient (Wildman–Crippen LogP) is 2.82. The Morgan fingerprint density at radius 1 is 1.47 bits per heavy atom. The maximum atomic E-state index is 10.8. The molecule has 19 heavy (non-hydrogen) atoms. The van der Waals surface area contributed by atoms with E-state index in [0.29, 0.717) is 34.4 Å². The topological polar surface area (TPSA) is 66.4 Å². The summed E-state index contributed by atoms with van der Waals surface area (Å²) in [5.74, 6) is 0.210. The summed E-state index contributed by atoms with van der Waals surface area (Å²) in [6.07, 6.45) is 0.758. The lowest BCUT2D eigenvalue weighted by molar-refractivity contribution is -0.140. The van der Waals surface area contributed by atoms with Gasteiger partial charge in [-0.2, -0.15) is 11.8 Å². The molecule has 7 heteroatoms. The van der Waals surface area contributed by atoms with Crippen LogP contribution in [-0.2, 0) is 15.3 Å². The van der Waals surface area contributed by atoms with Gasteiger partial charge < -0.3 is 10.4 Å². The van der Waals surface area contributed by atoms with E-state index < -0.39 is 12.0 Å². The maximum absolute atomic E-state index is 10.8. The zero-order valence-electron chi connectivity index (χ0n) is 9.94. The van der Waals surface area contributed by atoms with Crippen LogP contribution in [0.4, 0.5) is 0 Å². The van der Waals surface area contributed by atoms with Gasteiger partial charge in [0.05, 0.1) is 10.0 Å². The fraction of sp³-hybridized carbons (Fsp3) is 0.333. The first-order valence-electron chi connectivity index (χ1n) is 5.49. The number of carbonyl (C=O) groups excluding carboxylic acids is 1. The van der Waals surface area contributed by atoms with Crippen molar-refractivity contribution in [2.45, 2.75) is 18.2 Å². The molecular weight excluding hydrogens is 309 g/mol. The third-order valence-electron chi connectivity index (χ3n) is 2.41. The summed E-state index contributed by atoms with van der Waals surface area (Å²) < 4.78 is 0. The molecule has 1 aromatic rings. The summed E-state index contributed by atoms with van der Waals surface area (Å²) in [5.41, 5.74) is 0.911. The van der Waals surface area contributed by atoms with E-state index in [1.807, 2.05) is 12.1 Å². The average Bonchev–Trinajstić information content (AvgIpc) is 2.37. The van der Waals surface area contributed by atoms with Crippen LogP contribution >= 0.6 is 35.0 Å². The van der Waals surface area contributed by atoms with Crippen molar-refractivity contribution < 1.29 is 14.7 Å². The number of thioether (sulfide) groups is 1. The first-order chi connectivity index (χ1) is 9.06. The Balaban J connectivity index is 2.40. The SMILES string of the molecule is O=CNC(CCSCc1cccc(Cl)c1Cl)C(=O)O. The second-order valence-corrected chi connectivity index (χ2v) is 5.62. The normalized spacial score (nSPS) is 11.9. The smallest absolute Gasteiger partial charge is 0.326 e. The number of nitrogens with one attached hydrogen (secondary N) is 1. The van der Waals surface area contributed by atoms with E-state index in [1.54, 1.807) is 6.07 Å². The van der Waals surface area contributed by atoms with Crippen LogP contribution < -0.4 is 5.32 Å². The lowest BCUT2D eigenvalue weighted by atomic mass is 10.2. The second kappa shape index (κ2) is 8.30. The van der Waals surface area contributed by atoms with Crippen LogP contribution in [0.2, 0.25) is 10.0 Å². The van der Waals surface area contributed by atoms with E-state index in [-0.39, 0.29) is 0 Å². The van der Waals surface area contributed by atoms with Crippen molar-refractivity contribution in [3.63, 3.8) is 0 Å². The molecule has 0 aliphatic rings. The van der Waals surface area contributed by atoms with Crippen molar-refractivity contribution in [1.29, 1.82) is 0 Å². The molecule has 0 aliphatic carbocycles. The van der Waals surface area contributed by atoms with Gasteiger partial charge in [0.2, 0.25) is 6.41 Å². The van der Waals surface area contributed by atoms with Crippen molar-refractivity contribution >= 4 is 47.3 Å². The standard InChI is InChI=1S/C12H13Cl2NO3S/c13-9-3-1-2-8(11(9)14)6-19-5-4-10(12(17)18)15-7-16/h1-3,7,10H,4-6H2,(H,15,16)(H,17,18). The summed E-state index contributed by atoms with van der Waals surface area (Å²) in [7, 11) is 0. The second-order valence-electron chi connectivity index (χ2n) is 3.73. The first kappa shape index (κ1) is 16.1. The number of halogens is 2. The van der Waals surface area contributed by atoms with Crippen molar-refractivity contribution in [2.24, 2.45) is 0 Å². The van der Waals surface area contributed by atoms with Gasteiger partial charge in [-0.3, -0.25) is 4.79 Å². The van der Waals surface area contributed by atoms with Gasteiger partial charge in [0.15, 0.2) is 0 Å². The first-order valence-corrected chi connectivity index (χ1v) is 7.40. The fourth-order valence-electron chi connectivity index (χ4n) is 1.40. The van der Waals surface area contributed by atoms with Gasteiger partial charge in [-0.1, -0.05) is 35.3 Å². The lowest BCUT2D eigenvalue weighted by Gasteiger charge is -2.11. The fourth-order valence-corrected chi connectivity index (χ4v) is 2.88. The minimum absolute atomic E-state index is 0.358. The summed E-state index contributed by atoms with van der Waals surface area (Å²) in [6.45, 7) is 0. The van der Waals surface area contributed by atoms with Crippen LogP contribution in [0.15, 0.2) is 18.2 Å². The number of carboxylic acids is 1. The van der Waals surface area contributed by atoms with E-state index in [4.69, 9.17) is 28.3 Å². The van der Waals surface area contributed by atoms with Gasteiger partial charge in [-0.15, -0.1) is 0 Å². The molecule has 0 saturated heterocycles. The lowest BCUT2D eigenvalue weighted by Crippen LogP contribution is -2.36. The Morgan fingerprint density at radius 3 is 2.84 bits per heavy atom. The molecule has 0 fully saturated rings. The molecule has 2 N–H and O–H groups in total. The van der Waals surface area contributed by atoms with E-state index >= 15 is 0 Å². The van der Waals surface area contributed by atoms with Crippen molar-refractivity contribution in [2.75, 3.05) is 5.75 Å². The maximum Gasteiger partial charge on any atom is 0.326 e. The van der Waals surface area contributed by atoms with Gasteiger partial charge in [0.1, 0.15) is 6.04 Å². The van der Waals surface area contributed by atoms with Crippen LogP contribution in [-0.4, -0.2) is 29.3 Å². The molecule has 1 amide bonds. The van der Waals surface area contributed by atoms with E-state index in [2.05, 4.69) is 5.32 Å². The summed E-state index contributed by atoms with van der Waals surface area (Å²) >= 11 is 13.5. The Labute approximate surface area is 125 Å². The Bertz CT molecular complexity index is 457. The predicted molar refractivity (Wildman–Crippen MR) is 77.9 cm³/mol. The molecule has 0 radical (unpaired) electrons. The molecule has 4 nitrogen and oxygen atoms in total. The van der Waals surface area contributed by atoms with E-state index in [9.17, 15) is 9.59 Å². The molecule has 104 valence electrons. The zero-order valence-corrected chi connectivity index (χ0v) is 12.3. The van der Waals surface area contributed by atoms with Gasteiger partial charge in [0, 0.05) is 5.75 Å². The molecule has 0 spiro atoms. The summed E-state index contributed by atoms with van der Waals surface area (Å²) in [5, 5.41) is 12.1. The van der Waals surface area contributed by atoms with Crippen LogP contribution in [0, 0.1) is 0 Å². The quantitative estimate of drug-likeness (QED) is 0.570. The number of benzene rings is 1. The van der Waals surface area contributed by atoms with Crippen LogP contribution in [0.3, 0.4) is 0 Å². The third-order valence-corrected chi connectivity index (χ3v) is 4.30. The molecule has 1 atom stereocenters. The molecule has 1 unspecified atom stereocenters. The molecule has 0 saturated carbocycles.